The summed E-state index contributed by atoms with van der Waals surface area (Å²) in [5.74, 6) is -2.98. The average molecular weight is 578 g/mol. The lowest BCUT2D eigenvalue weighted by Crippen LogP contribution is -2.89. The zero-order chi connectivity index (χ0) is 29.7. The highest BCUT2D eigenvalue weighted by Gasteiger charge is 2.45. The van der Waals surface area contributed by atoms with Gasteiger partial charge in [-0.1, -0.05) is 30.7 Å². The van der Waals surface area contributed by atoms with Crippen LogP contribution in [0.1, 0.15) is 37.9 Å². The molecule has 0 unspecified atom stereocenters. The second-order valence-electron chi connectivity index (χ2n) is 9.53. The first-order valence-electron chi connectivity index (χ1n) is 12.7. The number of Topliss-reactive ketones (excluding diaryl/α,β-unsaturated/α-hetero) is 1. The first-order valence-corrected chi connectivity index (χ1v) is 14.1. The molecule has 0 radical (unpaired) electrons. The Morgan fingerprint density at radius 2 is 1.88 bits per heavy atom. The van der Waals surface area contributed by atoms with Crippen molar-refractivity contribution in [1.29, 1.82) is 0 Å². The zero-order valence-electron chi connectivity index (χ0n) is 22.8. The summed E-state index contributed by atoms with van der Waals surface area (Å²) in [6.07, 6.45) is 0.848. The molecule has 1 aliphatic heterocycles. The Bertz CT molecular complexity index is 1460. The van der Waals surface area contributed by atoms with Crippen LogP contribution in [0, 0.1) is 12.8 Å². The molecular weight excluding hydrogens is 544 g/mol. The second kappa shape index (κ2) is 12.8. The van der Waals surface area contributed by atoms with Gasteiger partial charge < -0.3 is 19.3 Å². The summed E-state index contributed by atoms with van der Waals surface area (Å²) < 4.78 is 72.0. The normalized spacial score (nSPS) is 19.0. The molecule has 12 heteroatoms. The largest absolute Gasteiger partial charge is 0.744 e. The monoisotopic (exact) mass is 577 g/mol. The fourth-order valence-corrected chi connectivity index (χ4v) is 5.04. The summed E-state index contributed by atoms with van der Waals surface area (Å²) in [7, 11) is -2.75. The number of ketones is 1. The van der Waals surface area contributed by atoms with Crippen LogP contribution in [0.5, 0.6) is 11.6 Å². The van der Waals surface area contributed by atoms with Crippen LogP contribution in [0.4, 0.5) is 8.78 Å². The van der Waals surface area contributed by atoms with Gasteiger partial charge in [-0.05, 0) is 37.6 Å². The number of allylic oxidation sites excluding steroid dienone is 1. The highest BCUT2D eigenvalue weighted by Crippen LogP contribution is 2.38. The molecule has 0 aliphatic carbocycles. The van der Waals surface area contributed by atoms with Crippen LogP contribution in [0.3, 0.4) is 0 Å². The molecule has 0 saturated carbocycles. The maximum atomic E-state index is 14.8. The lowest BCUT2D eigenvalue weighted by Gasteiger charge is -2.22. The predicted octanol–water partition coefficient (Wildman–Crippen LogP) is 3.51. The van der Waals surface area contributed by atoms with E-state index in [1.54, 1.807) is 30.3 Å². The molecule has 1 aliphatic rings. The van der Waals surface area contributed by atoms with E-state index in [2.05, 4.69) is 16.5 Å². The van der Waals surface area contributed by atoms with Crippen molar-refractivity contribution in [2.45, 2.75) is 56.6 Å². The number of quaternary nitrogens is 1. The van der Waals surface area contributed by atoms with E-state index >= 15 is 0 Å². The van der Waals surface area contributed by atoms with E-state index in [-0.39, 0.29) is 28.5 Å². The van der Waals surface area contributed by atoms with E-state index in [0.29, 0.717) is 29.7 Å². The van der Waals surface area contributed by atoms with Crippen LogP contribution in [0.25, 0.3) is 11.0 Å². The average Bonchev–Trinajstić information content (AvgIpc) is 3.30. The van der Waals surface area contributed by atoms with E-state index in [0.717, 1.165) is 11.6 Å². The third-order valence-corrected chi connectivity index (χ3v) is 7.51. The second-order valence-corrected chi connectivity index (χ2v) is 10.9. The van der Waals surface area contributed by atoms with Gasteiger partial charge in [0.1, 0.15) is 22.4 Å². The SMILES string of the molecule is C=CCC(F)(F)c1nc2ccc(OC)cc2nc1O[C@H]1C[NH2+][C@H](C(C)=O)[C@@H]1CC.Cc1ccc(S(=O)(=O)[O-])cc1. The molecular formula is C28H33F2N3O6S. The van der Waals surface area contributed by atoms with Crippen LogP contribution in [0.15, 0.2) is 60.0 Å². The van der Waals surface area contributed by atoms with Crippen molar-refractivity contribution in [2.24, 2.45) is 5.92 Å². The van der Waals surface area contributed by atoms with Gasteiger partial charge in [0.2, 0.25) is 5.88 Å². The van der Waals surface area contributed by atoms with E-state index in [1.165, 1.54) is 26.2 Å². The topological polar surface area (TPSA) is 135 Å². The van der Waals surface area contributed by atoms with Crippen LogP contribution < -0.4 is 14.8 Å². The Labute approximate surface area is 232 Å². The number of alkyl halides is 2. The third kappa shape index (κ3) is 7.38. The van der Waals surface area contributed by atoms with Crippen molar-refractivity contribution < 1.29 is 41.3 Å². The van der Waals surface area contributed by atoms with Crippen LogP contribution >= 0.6 is 0 Å². The molecule has 2 aromatic carbocycles. The number of carbonyl (C=O) groups is 1. The summed E-state index contributed by atoms with van der Waals surface area (Å²) in [4.78, 5) is 20.3. The van der Waals surface area contributed by atoms with Gasteiger partial charge >= 0.3 is 0 Å². The van der Waals surface area contributed by atoms with Crippen molar-refractivity contribution in [3.05, 3.63) is 66.4 Å². The number of rotatable bonds is 9. The van der Waals surface area contributed by atoms with Gasteiger partial charge in [0.25, 0.3) is 5.92 Å². The maximum absolute atomic E-state index is 14.8. The van der Waals surface area contributed by atoms with E-state index in [9.17, 15) is 26.5 Å². The van der Waals surface area contributed by atoms with Gasteiger partial charge in [0, 0.05) is 19.4 Å². The minimum absolute atomic E-state index is 0.0505. The molecule has 40 heavy (non-hydrogen) atoms. The van der Waals surface area contributed by atoms with E-state index in [1.807, 2.05) is 19.2 Å². The number of nitrogens with two attached hydrogens (primary N) is 1. The molecule has 1 fully saturated rings. The van der Waals surface area contributed by atoms with Crippen LogP contribution in [-0.4, -0.2) is 54.5 Å². The molecule has 4 rings (SSSR count). The Morgan fingerprint density at radius 1 is 1.20 bits per heavy atom. The lowest BCUT2D eigenvalue weighted by molar-refractivity contribution is -0.661. The first kappa shape index (κ1) is 31.1. The summed E-state index contributed by atoms with van der Waals surface area (Å²) in [6, 6.07) is 10.4. The number of aryl methyl sites for hydroxylation is 1. The molecule has 0 spiro atoms. The quantitative estimate of drug-likeness (QED) is 0.302. The molecule has 1 saturated heterocycles. The number of halogens is 2. The van der Waals surface area contributed by atoms with Crippen molar-refractivity contribution in [3.8, 4) is 11.6 Å². The van der Waals surface area contributed by atoms with Gasteiger partial charge in [0.05, 0.1) is 29.0 Å². The van der Waals surface area contributed by atoms with Crippen molar-refractivity contribution in [2.75, 3.05) is 13.7 Å². The van der Waals surface area contributed by atoms with Crippen molar-refractivity contribution in [3.63, 3.8) is 0 Å². The summed E-state index contributed by atoms with van der Waals surface area (Å²) >= 11 is 0. The predicted molar refractivity (Wildman–Crippen MR) is 143 cm³/mol. The van der Waals surface area contributed by atoms with Crippen LogP contribution in [-0.2, 0) is 20.8 Å². The van der Waals surface area contributed by atoms with Gasteiger partial charge in [-0.2, -0.15) is 8.78 Å². The van der Waals surface area contributed by atoms with Crippen molar-refractivity contribution in [1.82, 2.24) is 9.97 Å². The maximum Gasteiger partial charge on any atom is 0.298 e. The fraction of sp³-hybridized carbons (Fsp3) is 0.393. The number of hydrogen-bond donors (Lipinski definition) is 1. The highest BCUT2D eigenvalue weighted by atomic mass is 32.2. The fourth-order valence-electron chi connectivity index (χ4n) is 4.57. The highest BCUT2D eigenvalue weighted by molar-refractivity contribution is 7.85. The Hall–Kier alpha value is -3.48. The molecule has 3 atom stereocenters. The summed E-state index contributed by atoms with van der Waals surface area (Å²) in [5.41, 5.74) is 1.13. The van der Waals surface area contributed by atoms with Gasteiger partial charge in [-0.15, -0.1) is 6.58 Å². The number of ether oxygens (including phenoxy) is 2. The number of hydrogen-bond acceptors (Lipinski definition) is 8. The molecule has 216 valence electrons. The standard InChI is InChI=1S/C21H25F2N3O3.C7H8O3S/c1-5-9-21(22,23)19-20(26-16-10-13(28-4)7-8-15(16)25-19)29-17-11-24-18(12(3)27)14(17)6-2;1-6-2-4-7(5-3-6)11(8,9)10/h5,7-8,10,14,17-18,24H,1,6,9,11H2,2-4H3;2-5H,1H3,(H,8,9,10)/t14-,17+,18-;/m1./s1. The number of benzene rings is 2. The first-order chi connectivity index (χ1) is 18.8. The Kier molecular flexibility index (Phi) is 9.93. The Morgan fingerprint density at radius 3 is 2.42 bits per heavy atom. The molecule has 0 bridgehead atoms. The molecule has 2 heterocycles. The zero-order valence-corrected chi connectivity index (χ0v) is 23.6. The molecule has 0 amide bonds. The summed E-state index contributed by atoms with van der Waals surface area (Å²) in [6.45, 7) is 9.23. The van der Waals surface area contributed by atoms with Gasteiger partial charge in [-0.25, -0.2) is 18.4 Å². The Balaban J connectivity index is 0.000000336. The number of aromatic nitrogens is 2. The smallest absolute Gasteiger partial charge is 0.298 e. The number of carbonyl (C=O) groups excluding carboxylic acids is 1. The molecule has 3 aromatic rings. The third-order valence-electron chi connectivity index (χ3n) is 6.66. The van der Waals surface area contributed by atoms with Crippen LogP contribution in [0.2, 0.25) is 0 Å². The number of fused-ring (bicyclic) bond motifs is 1. The molecule has 2 N–H and O–H groups in total. The van der Waals surface area contributed by atoms with Crippen molar-refractivity contribution >= 4 is 26.9 Å². The van der Waals surface area contributed by atoms with E-state index in [4.69, 9.17) is 9.47 Å². The molecule has 9 nitrogen and oxygen atoms in total. The molecule has 1 aromatic heterocycles. The van der Waals surface area contributed by atoms with Gasteiger partial charge in [-0.3, -0.25) is 4.79 Å². The van der Waals surface area contributed by atoms with E-state index < -0.39 is 34.3 Å². The summed E-state index contributed by atoms with van der Waals surface area (Å²) in [5, 5.41) is 1.90. The number of nitrogens with zero attached hydrogens (tertiary/aromatic N) is 2. The lowest BCUT2D eigenvalue weighted by atomic mass is 9.93. The van der Waals surface area contributed by atoms with Gasteiger partial charge in [0.15, 0.2) is 23.6 Å². The number of methoxy groups -OCH3 is 1. The minimum atomic E-state index is -4.27. The minimum Gasteiger partial charge on any atom is -0.744 e.